The van der Waals surface area contributed by atoms with Gasteiger partial charge in [-0.15, -0.1) is 11.3 Å². The van der Waals surface area contributed by atoms with Crippen LogP contribution >= 0.6 is 11.3 Å². The Morgan fingerprint density at radius 2 is 2.12 bits per heavy atom. The first-order valence-corrected chi connectivity index (χ1v) is 8.99. The van der Waals surface area contributed by atoms with Crippen LogP contribution in [-0.2, 0) is 4.74 Å². The van der Waals surface area contributed by atoms with Crippen LogP contribution in [0, 0.1) is 0 Å². The minimum absolute atomic E-state index is 0.144. The highest BCUT2D eigenvalue weighted by molar-refractivity contribution is 7.17. The first-order chi connectivity index (χ1) is 11.9. The SMILES string of the molecule is OCC[C@H]1COCCN1c1ncnc2scc(-c3ccccc3)c12. The molecule has 1 N–H and O–H groups in total. The zero-order chi connectivity index (χ0) is 16.4. The quantitative estimate of drug-likeness (QED) is 0.791. The third-order valence-electron chi connectivity index (χ3n) is 4.40. The molecule has 4 rings (SSSR count). The highest BCUT2D eigenvalue weighted by atomic mass is 32.1. The Bertz CT molecular complexity index is 820. The molecule has 6 heteroatoms. The molecule has 124 valence electrons. The Balaban J connectivity index is 1.84. The van der Waals surface area contributed by atoms with Gasteiger partial charge in [-0.1, -0.05) is 30.3 Å². The van der Waals surface area contributed by atoms with Gasteiger partial charge in [-0.25, -0.2) is 9.97 Å². The van der Waals surface area contributed by atoms with Crippen LogP contribution in [-0.4, -0.2) is 47.5 Å². The Kier molecular flexibility index (Phi) is 4.42. The summed E-state index contributed by atoms with van der Waals surface area (Å²) in [5.74, 6) is 0.946. The molecule has 0 bridgehead atoms. The zero-order valence-electron chi connectivity index (χ0n) is 13.3. The van der Waals surface area contributed by atoms with E-state index in [1.165, 1.54) is 11.1 Å². The molecular formula is C18H19N3O2S. The van der Waals surface area contributed by atoms with Crippen LogP contribution in [0.2, 0.25) is 0 Å². The maximum Gasteiger partial charge on any atom is 0.141 e. The number of morpholine rings is 1. The summed E-state index contributed by atoms with van der Waals surface area (Å²) in [7, 11) is 0. The third-order valence-corrected chi connectivity index (χ3v) is 5.28. The summed E-state index contributed by atoms with van der Waals surface area (Å²) in [5.41, 5.74) is 2.34. The molecule has 2 aromatic heterocycles. The normalized spacial score (nSPS) is 18.2. The van der Waals surface area contributed by atoms with Gasteiger partial charge >= 0.3 is 0 Å². The summed E-state index contributed by atoms with van der Waals surface area (Å²) in [5, 5.41) is 12.6. The van der Waals surface area contributed by atoms with Gasteiger partial charge in [0.15, 0.2) is 0 Å². The lowest BCUT2D eigenvalue weighted by atomic mass is 10.0. The molecule has 1 atom stereocenters. The second kappa shape index (κ2) is 6.84. The van der Waals surface area contributed by atoms with Crippen LogP contribution in [0.4, 0.5) is 5.82 Å². The molecule has 3 heterocycles. The topological polar surface area (TPSA) is 58.5 Å². The molecule has 1 aromatic carbocycles. The van der Waals surface area contributed by atoms with E-state index in [2.05, 4.69) is 32.4 Å². The van der Waals surface area contributed by atoms with Crippen molar-refractivity contribution in [2.24, 2.45) is 0 Å². The number of hydrogen-bond donors (Lipinski definition) is 1. The number of hydrogen-bond acceptors (Lipinski definition) is 6. The van der Waals surface area contributed by atoms with Crippen molar-refractivity contribution >= 4 is 27.4 Å². The van der Waals surface area contributed by atoms with Gasteiger partial charge in [-0.05, 0) is 12.0 Å². The fraction of sp³-hybridized carbons (Fsp3) is 0.333. The molecule has 0 aliphatic carbocycles. The molecular weight excluding hydrogens is 322 g/mol. The smallest absolute Gasteiger partial charge is 0.141 e. The van der Waals surface area contributed by atoms with Gasteiger partial charge in [0.05, 0.1) is 24.6 Å². The molecule has 0 amide bonds. The number of anilines is 1. The van der Waals surface area contributed by atoms with E-state index in [-0.39, 0.29) is 12.6 Å². The first-order valence-electron chi connectivity index (χ1n) is 8.11. The Labute approximate surface area is 144 Å². The summed E-state index contributed by atoms with van der Waals surface area (Å²) >= 11 is 1.64. The maximum absolute atomic E-state index is 9.38. The van der Waals surface area contributed by atoms with Crippen LogP contribution in [0.3, 0.4) is 0 Å². The van der Waals surface area contributed by atoms with Gasteiger partial charge in [0.25, 0.3) is 0 Å². The van der Waals surface area contributed by atoms with Gasteiger partial charge in [-0.2, -0.15) is 0 Å². The van der Waals surface area contributed by atoms with E-state index in [0.29, 0.717) is 19.6 Å². The number of ether oxygens (including phenoxy) is 1. The number of benzene rings is 1. The van der Waals surface area contributed by atoms with Gasteiger partial charge in [0, 0.05) is 24.1 Å². The molecule has 5 nitrogen and oxygen atoms in total. The average molecular weight is 341 g/mol. The van der Waals surface area contributed by atoms with Crippen molar-refractivity contribution in [3.63, 3.8) is 0 Å². The molecule has 0 radical (unpaired) electrons. The molecule has 0 spiro atoms. The minimum Gasteiger partial charge on any atom is -0.396 e. The van der Waals surface area contributed by atoms with Gasteiger partial charge in [-0.3, -0.25) is 0 Å². The average Bonchev–Trinajstić information content (AvgIpc) is 3.07. The molecule has 1 fully saturated rings. The lowest BCUT2D eigenvalue weighted by molar-refractivity contribution is 0.0847. The fourth-order valence-electron chi connectivity index (χ4n) is 3.23. The number of aromatic nitrogens is 2. The van der Waals surface area contributed by atoms with Crippen LogP contribution in [0.15, 0.2) is 42.0 Å². The third kappa shape index (κ3) is 2.77. The molecule has 24 heavy (non-hydrogen) atoms. The van der Waals surface area contributed by atoms with E-state index in [9.17, 15) is 5.11 Å². The van der Waals surface area contributed by atoms with Gasteiger partial charge < -0.3 is 14.7 Å². The molecule has 1 aliphatic rings. The van der Waals surface area contributed by atoms with Crippen molar-refractivity contribution < 1.29 is 9.84 Å². The molecule has 1 aliphatic heterocycles. The summed E-state index contributed by atoms with van der Waals surface area (Å²) in [6.07, 6.45) is 2.31. The predicted molar refractivity (Wildman–Crippen MR) is 96.5 cm³/mol. The fourth-order valence-corrected chi connectivity index (χ4v) is 4.14. The van der Waals surface area contributed by atoms with Gasteiger partial charge in [0.1, 0.15) is 17.0 Å². The van der Waals surface area contributed by atoms with E-state index in [1.807, 2.05) is 18.2 Å². The van der Waals surface area contributed by atoms with E-state index in [0.717, 1.165) is 22.6 Å². The molecule has 0 saturated carbocycles. The molecule has 0 unspecified atom stereocenters. The monoisotopic (exact) mass is 341 g/mol. The molecule has 3 aromatic rings. The summed E-state index contributed by atoms with van der Waals surface area (Å²) < 4.78 is 5.60. The number of nitrogens with zero attached hydrogens (tertiary/aromatic N) is 3. The van der Waals surface area contributed by atoms with Crippen molar-refractivity contribution in [2.75, 3.05) is 31.3 Å². The number of rotatable bonds is 4. The number of fused-ring (bicyclic) bond motifs is 1. The second-order valence-corrected chi connectivity index (χ2v) is 6.69. The second-order valence-electron chi connectivity index (χ2n) is 5.83. The van der Waals surface area contributed by atoms with Crippen molar-refractivity contribution in [3.05, 3.63) is 42.0 Å². The maximum atomic E-state index is 9.38. The lowest BCUT2D eigenvalue weighted by Gasteiger charge is -2.36. The van der Waals surface area contributed by atoms with Crippen molar-refractivity contribution in [1.29, 1.82) is 0 Å². The van der Waals surface area contributed by atoms with E-state index >= 15 is 0 Å². The minimum atomic E-state index is 0.144. The zero-order valence-corrected chi connectivity index (χ0v) is 14.1. The summed E-state index contributed by atoms with van der Waals surface area (Å²) in [4.78, 5) is 12.3. The van der Waals surface area contributed by atoms with Crippen molar-refractivity contribution in [2.45, 2.75) is 12.5 Å². The Morgan fingerprint density at radius 3 is 2.96 bits per heavy atom. The summed E-state index contributed by atoms with van der Waals surface area (Å²) in [6, 6.07) is 10.5. The van der Waals surface area contributed by atoms with Gasteiger partial charge in [0.2, 0.25) is 0 Å². The lowest BCUT2D eigenvalue weighted by Crippen LogP contribution is -2.46. The highest BCUT2D eigenvalue weighted by Gasteiger charge is 2.27. The van der Waals surface area contributed by atoms with Crippen LogP contribution in [0.1, 0.15) is 6.42 Å². The van der Waals surface area contributed by atoms with Crippen LogP contribution in [0.5, 0.6) is 0 Å². The van der Waals surface area contributed by atoms with E-state index < -0.39 is 0 Å². The largest absolute Gasteiger partial charge is 0.396 e. The van der Waals surface area contributed by atoms with E-state index in [1.54, 1.807) is 17.7 Å². The van der Waals surface area contributed by atoms with E-state index in [4.69, 9.17) is 4.74 Å². The van der Waals surface area contributed by atoms with Crippen LogP contribution < -0.4 is 4.90 Å². The standard InChI is InChI=1S/C18H19N3O2S/c22-8-6-14-10-23-9-7-21(14)17-16-15(13-4-2-1-3-5-13)11-24-18(16)20-12-19-17/h1-5,11-12,14,22H,6-10H2/t14-/m0/s1. The number of aliphatic hydroxyl groups is 1. The predicted octanol–water partition coefficient (Wildman–Crippen LogP) is 2.95. The van der Waals surface area contributed by atoms with Crippen LogP contribution in [0.25, 0.3) is 21.3 Å². The first kappa shape index (κ1) is 15.5. The highest BCUT2D eigenvalue weighted by Crippen LogP contribution is 2.38. The Hall–Kier alpha value is -2.02. The number of thiophene rings is 1. The van der Waals surface area contributed by atoms with Crippen molar-refractivity contribution in [1.82, 2.24) is 9.97 Å². The Morgan fingerprint density at radius 1 is 1.25 bits per heavy atom. The molecule has 1 saturated heterocycles. The summed E-state index contributed by atoms with van der Waals surface area (Å²) in [6.45, 7) is 2.23. The number of aliphatic hydroxyl groups excluding tert-OH is 1. The van der Waals surface area contributed by atoms with Crippen molar-refractivity contribution in [3.8, 4) is 11.1 Å².